The maximum absolute atomic E-state index is 11.9. The molecule has 1 rings (SSSR count). The third-order valence-corrected chi connectivity index (χ3v) is 3.86. The van der Waals surface area contributed by atoms with Gasteiger partial charge in [-0.05, 0) is 6.07 Å². The standard InChI is InChI=1S/C12H14N2O3S/c1-9(12(15)17-2)7-18(16)8-10-4-3-5-14-11(10)6-13/h3-5,9H,7-8H2,1-2H3. The van der Waals surface area contributed by atoms with E-state index in [-0.39, 0.29) is 23.2 Å². The SMILES string of the molecule is COC(=O)C(C)CS(=O)Cc1cccnc1C#N. The summed E-state index contributed by atoms with van der Waals surface area (Å²) in [6.45, 7) is 1.66. The molecule has 0 fully saturated rings. The molecule has 1 aromatic rings. The molecular weight excluding hydrogens is 252 g/mol. The van der Waals surface area contributed by atoms with Crippen molar-refractivity contribution in [1.82, 2.24) is 4.98 Å². The quantitative estimate of drug-likeness (QED) is 0.743. The van der Waals surface area contributed by atoms with E-state index in [0.717, 1.165) is 0 Å². The second-order valence-corrected chi connectivity index (χ2v) is 5.30. The average Bonchev–Trinajstić information content (AvgIpc) is 2.38. The molecule has 2 atom stereocenters. The van der Waals surface area contributed by atoms with E-state index in [1.165, 1.54) is 13.3 Å². The molecular formula is C12H14N2O3S. The molecule has 0 aromatic carbocycles. The zero-order valence-corrected chi connectivity index (χ0v) is 11.1. The summed E-state index contributed by atoms with van der Waals surface area (Å²) in [4.78, 5) is 15.1. The van der Waals surface area contributed by atoms with Crippen LogP contribution in [0, 0.1) is 17.2 Å². The fourth-order valence-corrected chi connectivity index (χ4v) is 2.83. The van der Waals surface area contributed by atoms with Gasteiger partial charge in [-0.25, -0.2) is 4.98 Å². The van der Waals surface area contributed by atoms with Gasteiger partial charge >= 0.3 is 5.97 Å². The Bertz CT molecular complexity index is 496. The Kier molecular flexibility index (Phi) is 5.46. The summed E-state index contributed by atoms with van der Waals surface area (Å²) in [6, 6.07) is 5.36. The van der Waals surface area contributed by atoms with Gasteiger partial charge in [0.1, 0.15) is 11.8 Å². The lowest BCUT2D eigenvalue weighted by molar-refractivity contribution is -0.144. The zero-order valence-electron chi connectivity index (χ0n) is 10.3. The maximum Gasteiger partial charge on any atom is 0.309 e. The van der Waals surface area contributed by atoms with Crippen molar-refractivity contribution in [1.29, 1.82) is 5.26 Å². The first kappa shape index (κ1) is 14.3. The molecule has 1 aromatic heterocycles. The van der Waals surface area contributed by atoms with Crippen LogP contribution in [-0.2, 0) is 26.1 Å². The second-order valence-electron chi connectivity index (χ2n) is 3.80. The fraction of sp³-hybridized carbons (Fsp3) is 0.417. The molecule has 96 valence electrons. The van der Waals surface area contributed by atoms with Crippen molar-refractivity contribution in [2.75, 3.05) is 12.9 Å². The molecule has 0 aliphatic rings. The minimum Gasteiger partial charge on any atom is -0.469 e. The number of esters is 1. The maximum atomic E-state index is 11.9. The smallest absolute Gasteiger partial charge is 0.309 e. The minimum atomic E-state index is -1.23. The number of pyridine rings is 1. The Morgan fingerprint density at radius 1 is 1.67 bits per heavy atom. The molecule has 0 bridgehead atoms. The van der Waals surface area contributed by atoms with Crippen molar-refractivity contribution < 1.29 is 13.7 Å². The molecule has 0 amide bonds. The summed E-state index contributed by atoms with van der Waals surface area (Å²) in [6.07, 6.45) is 1.52. The van der Waals surface area contributed by atoms with Crippen molar-refractivity contribution in [3.05, 3.63) is 29.6 Å². The van der Waals surface area contributed by atoms with E-state index in [0.29, 0.717) is 5.56 Å². The summed E-state index contributed by atoms with van der Waals surface area (Å²) in [5.74, 6) is -0.363. The molecule has 1 heterocycles. The van der Waals surface area contributed by atoms with E-state index in [2.05, 4.69) is 9.72 Å². The van der Waals surface area contributed by atoms with Crippen LogP contribution in [0.1, 0.15) is 18.2 Å². The van der Waals surface area contributed by atoms with E-state index >= 15 is 0 Å². The number of nitrogens with zero attached hydrogens (tertiary/aromatic N) is 2. The normalized spacial score (nSPS) is 13.4. The number of carbonyl (C=O) groups is 1. The van der Waals surface area contributed by atoms with Gasteiger partial charge in [0.15, 0.2) is 0 Å². The molecule has 6 heteroatoms. The predicted octanol–water partition coefficient (Wildman–Crippen LogP) is 1.01. The topological polar surface area (TPSA) is 80.1 Å². The Hall–Kier alpha value is -1.74. The molecule has 5 nitrogen and oxygen atoms in total. The van der Waals surface area contributed by atoms with Gasteiger partial charge in [0.2, 0.25) is 0 Å². The lowest BCUT2D eigenvalue weighted by atomic mass is 10.2. The van der Waals surface area contributed by atoms with Crippen LogP contribution in [0.4, 0.5) is 0 Å². The first-order valence-electron chi connectivity index (χ1n) is 5.35. The molecule has 2 unspecified atom stereocenters. The highest BCUT2D eigenvalue weighted by molar-refractivity contribution is 7.84. The van der Waals surface area contributed by atoms with Gasteiger partial charge < -0.3 is 4.74 Å². The number of ether oxygens (including phenoxy) is 1. The molecule has 0 aliphatic heterocycles. The zero-order chi connectivity index (χ0) is 13.5. The van der Waals surface area contributed by atoms with Crippen LogP contribution in [-0.4, -0.2) is 28.0 Å². The lowest BCUT2D eigenvalue weighted by Crippen LogP contribution is -2.20. The van der Waals surface area contributed by atoms with Crippen LogP contribution < -0.4 is 0 Å². The molecule has 0 saturated heterocycles. The first-order chi connectivity index (χ1) is 8.58. The first-order valence-corrected chi connectivity index (χ1v) is 6.84. The van der Waals surface area contributed by atoms with E-state index in [9.17, 15) is 9.00 Å². The van der Waals surface area contributed by atoms with Gasteiger partial charge in [-0.1, -0.05) is 13.0 Å². The third kappa shape index (κ3) is 3.93. The van der Waals surface area contributed by atoms with Crippen molar-refractivity contribution in [2.45, 2.75) is 12.7 Å². The summed E-state index contributed by atoms with van der Waals surface area (Å²) in [5.41, 5.74) is 0.909. The lowest BCUT2D eigenvalue weighted by Gasteiger charge is -2.09. The number of carbonyl (C=O) groups excluding carboxylic acids is 1. The number of methoxy groups -OCH3 is 1. The molecule has 0 saturated carbocycles. The third-order valence-electron chi connectivity index (χ3n) is 2.35. The van der Waals surface area contributed by atoms with Gasteiger partial charge in [-0.15, -0.1) is 0 Å². The number of aromatic nitrogens is 1. The molecule has 0 N–H and O–H groups in total. The Balaban J connectivity index is 2.66. The molecule has 0 radical (unpaired) electrons. The van der Waals surface area contributed by atoms with Gasteiger partial charge in [-0.3, -0.25) is 9.00 Å². The van der Waals surface area contributed by atoms with Crippen LogP contribution in [0.3, 0.4) is 0 Å². The molecule has 0 spiro atoms. The number of hydrogen-bond acceptors (Lipinski definition) is 5. The number of nitriles is 1. The summed E-state index contributed by atoms with van der Waals surface area (Å²) >= 11 is 0. The number of hydrogen-bond donors (Lipinski definition) is 0. The fourth-order valence-electron chi connectivity index (χ4n) is 1.44. The summed E-state index contributed by atoms with van der Waals surface area (Å²) < 4.78 is 16.4. The van der Waals surface area contributed by atoms with E-state index in [4.69, 9.17) is 5.26 Å². The molecule has 0 aliphatic carbocycles. The van der Waals surface area contributed by atoms with Crippen molar-refractivity contribution >= 4 is 16.8 Å². The Labute approximate surface area is 108 Å². The largest absolute Gasteiger partial charge is 0.469 e. The average molecular weight is 266 g/mol. The van der Waals surface area contributed by atoms with Crippen LogP contribution in [0.15, 0.2) is 18.3 Å². The summed E-state index contributed by atoms with van der Waals surface area (Å²) in [7, 11) is 0.0751. The highest BCUT2D eigenvalue weighted by Crippen LogP contribution is 2.10. The summed E-state index contributed by atoms with van der Waals surface area (Å²) in [5, 5.41) is 8.85. The highest BCUT2D eigenvalue weighted by atomic mass is 32.2. The van der Waals surface area contributed by atoms with Crippen LogP contribution in [0.5, 0.6) is 0 Å². The van der Waals surface area contributed by atoms with Crippen LogP contribution >= 0.6 is 0 Å². The van der Waals surface area contributed by atoms with Crippen molar-refractivity contribution in [3.8, 4) is 6.07 Å². The Morgan fingerprint density at radius 2 is 2.39 bits per heavy atom. The minimum absolute atomic E-state index is 0.215. The highest BCUT2D eigenvalue weighted by Gasteiger charge is 2.17. The van der Waals surface area contributed by atoms with Crippen LogP contribution in [0.25, 0.3) is 0 Å². The van der Waals surface area contributed by atoms with E-state index in [1.54, 1.807) is 19.1 Å². The number of rotatable bonds is 5. The molecule has 18 heavy (non-hydrogen) atoms. The van der Waals surface area contributed by atoms with Gasteiger partial charge in [-0.2, -0.15) is 5.26 Å². The van der Waals surface area contributed by atoms with Gasteiger partial charge in [0.25, 0.3) is 0 Å². The predicted molar refractivity (Wildman–Crippen MR) is 66.8 cm³/mol. The van der Waals surface area contributed by atoms with Crippen LogP contribution in [0.2, 0.25) is 0 Å². The van der Waals surface area contributed by atoms with Crippen molar-refractivity contribution in [3.63, 3.8) is 0 Å². The van der Waals surface area contributed by atoms with Crippen molar-refractivity contribution in [2.24, 2.45) is 5.92 Å². The monoisotopic (exact) mass is 266 g/mol. The van der Waals surface area contributed by atoms with E-state index < -0.39 is 16.7 Å². The Morgan fingerprint density at radius 3 is 3.00 bits per heavy atom. The second kappa shape index (κ2) is 6.87. The van der Waals surface area contributed by atoms with E-state index in [1.807, 2.05) is 6.07 Å². The van der Waals surface area contributed by atoms with Gasteiger partial charge in [0, 0.05) is 28.3 Å². The van der Waals surface area contributed by atoms with Gasteiger partial charge in [0.05, 0.1) is 18.8 Å².